The molecule has 98 valence electrons. The first-order chi connectivity index (χ1) is 8.76. The summed E-state index contributed by atoms with van der Waals surface area (Å²) in [6, 6.07) is 9.82. The van der Waals surface area contributed by atoms with Crippen molar-refractivity contribution in [3.63, 3.8) is 0 Å². The quantitative estimate of drug-likeness (QED) is 0.796. The number of benzene rings is 1. The van der Waals surface area contributed by atoms with Crippen LogP contribution in [0.15, 0.2) is 30.3 Å². The van der Waals surface area contributed by atoms with Gasteiger partial charge < -0.3 is 9.84 Å². The monoisotopic (exact) mass is 249 g/mol. The molecular weight excluding hydrogens is 230 g/mol. The van der Waals surface area contributed by atoms with Gasteiger partial charge in [0.15, 0.2) is 0 Å². The molecule has 0 amide bonds. The van der Waals surface area contributed by atoms with E-state index in [0.717, 1.165) is 5.56 Å². The van der Waals surface area contributed by atoms with Gasteiger partial charge in [-0.25, -0.2) is 0 Å². The average molecular weight is 249 g/mol. The first-order valence-corrected chi connectivity index (χ1v) is 6.33. The van der Waals surface area contributed by atoms with E-state index in [4.69, 9.17) is 4.74 Å². The van der Waals surface area contributed by atoms with Crippen LogP contribution in [0.5, 0.6) is 0 Å². The van der Waals surface area contributed by atoms with E-state index in [2.05, 4.69) is 0 Å². The summed E-state index contributed by atoms with van der Waals surface area (Å²) < 4.78 is 5.04. The number of nitrogens with zero attached hydrogens (tertiary/aromatic N) is 1. The molecule has 4 nitrogen and oxygen atoms in total. The molecule has 0 bridgehead atoms. The summed E-state index contributed by atoms with van der Waals surface area (Å²) in [5.74, 6) is -0.182. The molecule has 1 aliphatic heterocycles. The number of aliphatic hydroxyl groups is 1. The zero-order chi connectivity index (χ0) is 13.0. The molecule has 0 radical (unpaired) electrons. The van der Waals surface area contributed by atoms with E-state index in [1.165, 1.54) is 0 Å². The average Bonchev–Trinajstić information content (AvgIpc) is 2.37. The number of hydrogen-bond donors (Lipinski definition) is 1. The second kappa shape index (κ2) is 5.98. The third-order valence-electron chi connectivity index (χ3n) is 3.34. The lowest BCUT2D eigenvalue weighted by Gasteiger charge is -2.46. The first kappa shape index (κ1) is 13.1. The van der Waals surface area contributed by atoms with Gasteiger partial charge in [-0.1, -0.05) is 30.3 Å². The van der Waals surface area contributed by atoms with Crippen molar-refractivity contribution >= 4 is 5.97 Å². The summed E-state index contributed by atoms with van der Waals surface area (Å²) >= 11 is 0. The highest BCUT2D eigenvalue weighted by atomic mass is 16.5. The minimum atomic E-state index is -0.206. The number of carbonyl (C=O) groups excluding carboxylic acids is 1. The first-order valence-electron chi connectivity index (χ1n) is 6.33. The Kier molecular flexibility index (Phi) is 4.33. The number of likely N-dealkylation sites (tertiary alicyclic amines) is 1. The third-order valence-corrected chi connectivity index (χ3v) is 3.34. The molecule has 2 rings (SSSR count). The van der Waals surface area contributed by atoms with Crippen LogP contribution in [-0.2, 0) is 16.1 Å². The smallest absolute Gasteiger partial charge is 0.323 e. The molecule has 0 aromatic heterocycles. The summed E-state index contributed by atoms with van der Waals surface area (Å²) in [5.41, 5.74) is 1.14. The van der Waals surface area contributed by atoms with Gasteiger partial charge in [-0.05, 0) is 18.9 Å². The van der Waals surface area contributed by atoms with Crippen LogP contribution in [0.1, 0.15) is 18.9 Å². The van der Waals surface area contributed by atoms with Gasteiger partial charge in [0.05, 0.1) is 13.2 Å². The Balaban J connectivity index is 2.00. The molecule has 1 aromatic rings. The lowest BCUT2D eigenvalue weighted by Crippen LogP contribution is -2.60. The summed E-state index contributed by atoms with van der Waals surface area (Å²) in [5, 5.41) is 9.27. The molecule has 1 heterocycles. The molecule has 0 aliphatic carbocycles. The fraction of sp³-hybridized carbons (Fsp3) is 0.500. The van der Waals surface area contributed by atoms with E-state index in [9.17, 15) is 9.90 Å². The molecule has 18 heavy (non-hydrogen) atoms. The Morgan fingerprint density at radius 3 is 2.78 bits per heavy atom. The topological polar surface area (TPSA) is 49.8 Å². The van der Waals surface area contributed by atoms with E-state index in [1.54, 1.807) is 0 Å². The van der Waals surface area contributed by atoms with Crippen molar-refractivity contribution in [2.45, 2.75) is 32.0 Å². The lowest BCUT2D eigenvalue weighted by atomic mass is 9.92. The molecule has 1 fully saturated rings. The van der Waals surface area contributed by atoms with E-state index in [0.29, 0.717) is 19.6 Å². The second-order valence-electron chi connectivity index (χ2n) is 4.50. The molecule has 0 saturated carbocycles. The molecule has 1 saturated heterocycles. The van der Waals surface area contributed by atoms with Gasteiger partial charge in [-0.15, -0.1) is 0 Å². The van der Waals surface area contributed by atoms with Crippen molar-refractivity contribution in [3.05, 3.63) is 35.9 Å². The fourth-order valence-corrected chi connectivity index (χ4v) is 2.33. The van der Waals surface area contributed by atoms with Crippen LogP contribution >= 0.6 is 0 Å². The molecule has 1 aromatic carbocycles. The highest BCUT2D eigenvalue weighted by Gasteiger charge is 2.43. The number of ether oxygens (including phenoxy) is 1. The van der Waals surface area contributed by atoms with Gasteiger partial charge in [0.25, 0.3) is 0 Å². The fourth-order valence-electron chi connectivity index (χ4n) is 2.33. The molecular formula is C14H19NO3. The number of esters is 1. The van der Waals surface area contributed by atoms with Gasteiger partial charge in [0, 0.05) is 12.6 Å². The van der Waals surface area contributed by atoms with Crippen molar-refractivity contribution in [1.29, 1.82) is 0 Å². The molecule has 4 heteroatoms. The van der Waals surface area contributed by atoms with Crippen LogP contribution in [0, 0.1) is 0 Å². The number of rotatable bonds is 5. The Morgan fingerprint density at radius 2 is 2.17 bits per heavy atom. The maximum atomic E-state index is 11.7. The van der Waals surface area contributed by atoms with Crippen LogP contribution in [0.4, 0.5) is 0 Å². The standard InChI is InChI=1S/C14H19NO3/c1-2-18-14(17)13-8-12(10-16)15(13)9-11-6-4-3-5-7-11/h3-7,12-13,16H,2,8-10H2,1H3. The van der Waals surface area contributed by atoms with Gasteiger partial charge in [-0.3, -0.25) is 9.69 Å². The summed E-state index contributed by atoms with van der Waals surface area (Å²) in [4.78, 5) is 13.7. The Labute approximate surface area is 107 Å². The minimum Gasteiger partial charge on any atom is -0.465 e. The molecule has 1 aliphatic rings. The van der Waals surface area contributed by atoms with E-state index < -0.39 is 0 Å². The SMILES string of the molecule is CCOC(=O)C1CC(CO)N1Cc1ccccc1. The van der Waals surface area contributed by atoms with Crippen molar-refractivity contribution in [1.82, 2.24) is 4.90 Å². The number of aliphatic hydroxyl groups excluding tert-OH is 1. The highest BCUT2D eigenvalue weighted by Crippen LogP contribution is 2.28. The summed E-state index contributed by atoms with van der Waals surface area (Å²) in [7, 11) is 0. The van der Waals surface area contributed by atoms with Gasteiger partial charge in [0.2, 0.25) is 0 Å². The summed E-state index contributed by atoms with van der Waals surface area (Å²) in [6.07, 6.45) is 0.683. The van der Waals surface area contributed by atoms with Crippen LogP contribution in [0.3, 0.4) is 0 Å². The largest absolute Gasteiger partial charge is 0.465 e. The maximum Gasteiger partial charge on any atom is 0.323 e. The predicted molar refractivity (Wildman–Crippen MR) is 67.9 cm³/mol. The third kappa shape index (κ3) is 2.71. The van der Waals surface area contributed by atoms with Gasteiger partial charge >= 0.3 is 5.97 Å². The molecule has 0 spiro atoms. The lowest BCUT2D eigenvalue weighted by molar-refractivity contribution is -0.160. The van der Waals surface area contributed by atoms with E-state index in [1.807, 2.05) is 42.2 Å². The van der Waals surface area contributed by atoms with Gasteiger partial charge in [-0.2, -0.15) is 0 Å². The van der Waals surface area contributed by atoms with Crippen LogP contribution < -0.4 is 0 Å². The number of carbonyl (C=O) groups is 1. The Morgan fingerprint density at radius 1 is 1.44 bits per heavy atom. The van der Waals surface area contributed by atoms with E-state index >= 15 is 0 Å². The number of hydrogen-bond acceptors (Lipinski definition) is 4. The molecule has 2 unspecified atom stereocenters. The Hall–Kier alpha value is -1.39. The zero-order valence-electron chi connectivity index (χ0n) is 10.6. The summed E-state index contributed by atoms with van der Waals surface area (Å²) in [6.45, 7) is 2.97. The molecule has 1 N–H and O–H groups in total. The van der Waals surface area contributed by atoms with Crippen LogP contribution in [0.2, 0.25) is 0 Å². The normalized spacial score (nSPS) is 23.4. The van der Waals surface area contributed by atoms with E-state index in [-0.39, 0.29) is 24.7 Å². The minimum absolute atomic E-state index is 0.0691. The van der Waals surface area contributed by atoms with Gasteiger partial charge in [0.1, 0.15) is 6.04 Å². The van der Waals surface area contributed by atoms with Crippen LogP contribution in [-0.4, -0.2) is 41.3 Å². The van der Waals surface area contributed by atoms with Crippen molar-refractivity contribution in [2.24, 2.45) is 0 Å². The van der Waals surface area contributed by atoms with Crippen molar-refractivity contribution < 1.29 is 14.6 Å². The highest BCUT2D eigenvalue weighted by molar-refractivity contribution is 5.77. The second-order valence-corrected chi connectivity index (χ2v) is 4.50. The van der Waals surface area contributed by atoms with Crippen LogP contribution in [0.25, 0.3) is 0 Å². The maximum absolute atomic E-state index is 11.7. The molecule has 2 atom stereocenters. The van der Waals surface area contributed by atoms with Crippen molar-refractivity contribution in [2.75, 3.05) is 13.2 Å². The zero-order valence-corrected chi connectivity index (χ0v) is 10.6. The Bertz CT molecular complexity index is 393. The predicted octanol–water partition coefficient (Wildman–Crippen LogP) is 1.18. The van der Waals surface area contributed by atoms with Crippen molar-refractivity contribution in [3.8, 4) is 0 Å².